The first-order chi connectivity index (χ1) is 12.2. The van der Waals surface area contributed by atoms with E-state index in [-0.39, 0.29) is 23.3 Å². The van der Waals surface area contributed by atoms with E-state index < -0.39 is 0 Å². The molecular formula is C20H26N2O3. The highest BCUT2D eigenvalue weighted by atomic mass is 16.5. The normalized spacial score (nSPS) is 25.8. The highest BCUT2D eigenvalue weighted by Gasteiger charge is 2.45. The highest BCUT2D eigenvalue weighted by molar-refractivity contribution is 5.82. The fourth-order valence-corrected chi connectivity index (χ4v) is 4.44. The molecule has 0 aliphatic carbocycles. The molecule has 3 heterocycles. The van der Waals surface area contributed by atoms with Gasteiger partial charge in [0.05, 0.1) is 0 Å². The molecule has 1 atom stereocenters. The molecule has 1 aromatic rings. The van der Waals surface area contributed by atoms with Crippen LogP contribution in [0.3, 0.4) is 0 Å². The molecule has 0 N–H and O–H groups in total. The number of nitrogens with zero attached hydrogens (tertiary/aromatic N) is 2. The van der Waals surface area contributed by atoms with E-state index in [1.807, 2.05) is 28.0 Å². The van der Waals surface area contributed by atoms with Gasteiger partial charge < -0.3 is 14.5 Å². The quantitative estimate of drug-likeness (QED) is 0.846. The van der Waals surface area contributed by atoms with Crippen molar-refractivity contribution in [2.75, 3.05) is 26.2 Å². The molecule has 0 saturated carbocycles. The molecular weight excluding hydrogens is 316 g/mol. The number of benzene rings is 1. The Morgan fingerprint density at radius 1 is 1.20 bits per heavy atom. The Labute approximate surface area is 148 Å². The molecule has 134 valence electrons. The zero-order valence-electron chi connectivity index (χ0n) is 14.7. The molecule has 5 heteroatoms. The van der Waals surface area contributed by atoms with Crippen LogP contribution >= 0.6 is 0 Å². The third kappa shape index (κ3) is 3.43. The summed E-state index contributed by atoms with van der Waals surface area (Å²) in [6, 6.07) is 10.2. The summed E-state index contributed by atoms with van der Waals surface area (Å²) < 4.78 is 5.53. The zero-order valence-corrected chi connectivity index (χ0v) is 14.7. The van der Waals surface area contributed by atoms with Crippen molar-refractivity contribution in [1.82, 2.24) is 9.80 Å². The molecule has 3 fully saturated rings. The first-order valence-corrected chi connectivity index (χ1v) is 9.37. The molecule has 3 aliphatic rings. The van der Waals surface area contributed by atoms with Gasteiger partial charge in [0.1, 0.15) is 6.10 Å². The van der Waals surface area contributed by atoms with E-state index in [2.05, 4.69) is 12.1 Å². The summed E-state index contributed by atoms with van der Waals surface area (Å²) >= 11 is 0. The third-order valence-electron chi connectivity index (χ3n) is 5.96. The van der Waals surface area contributed by atoms with Gasteiger partial charge in [-0.05, 0) is 31.2 Å². The van der Waals surface area contributed by atoms with Crippen LogP contribution in [0.2, 0.25) is 0 Å². The largest absolute Gasteiger partial charge is 0.368 e. The SMILES string of the molecule is O=C1CC2(CCN(C(=O)[C@@H]3CCCO3)CC2)CN1Cc1ccccc1. The average Bonchev–Trinajstić information content (AvgIpc) is 3.25. The van der Waals surface area contributed by atoms with Crippen LogP contribution in [-0.4, -0.2) is 54.0 Å². The summed E-state index contributed by atoms with van der Waals surface area (Å²) in [4.78, 5) is 28.9. The summed E-state index contributed by atoms with van der Waals surface area (Å²) in [5.74, 6) is 0.403. The van der Waals surface area contributed by atoms with Gasteiger partial charge in [-0.25, -0.2) is 0 Å². The molecule has 0 bridgehead atoms. The smallest absolute Gasteiger partial charge is 0.251 e. The first-order valence-electron chi connectivity index (χ1n) is 9.37. The number of piperidine rings is 1. The molecule has 0 unspecified atom stereocenters. The van der Waals surface area contributed by atoms with E-state index in [1.54, 1.807) is 0 Å². The molecule has 3 aliphatic heterocycles. The Kier molecular flexibility index (Phi) is 4.50. The summed E-state index contributed by atoms with van der Waals surface area (Å²) in [5.41, 5.74) is 1.23. The van der Waals surface area contributed by atoms with Crippen LogP contribution in [0.4, 0.5) is 0 Å². The maximum atomic E-state index is 12.5. The van der Waals surface area contributed by atoms with Gasteiger partial charge in [0.2, 0.25) is 5.91 Å². The van der Waals surface area contributed by atoms with Crippen LogP contribution in [0, 0.1) is 5.41 Å². The Morgan fingerprint density at radius 2 is 1.96 bits per heavy atom. The Bertz CT molecular complexity index is 632. The van der Waals surface area contributed by atoms with Crippen molar-refractivity contribution in [2.24, 2.45) is 5.41 Å². The first kappa shape index (κ1) is 16.6. The number of ether oxygens (including phenoxy) is 1. The van der Waals surface area contributed by atoms with Gasteiger partial charge in [-0.15, -0.1) is 0 Å². The van der Waals surface area contributed by atoms with Crippen molar-refractivity contribution in [2.45, 2.75) is 44.8 Å². The molecule has 25 heavy (non-hydrogen) atoms. The maximum Gasteiger partial charge on any atom is 0.251 e. The molecule has 1 spiro atoms. The lowest BCUT2D eigenvalue weighted by Crippen LogP contribution is -2.47. The predicted octanol–water partition coefficient (Wildman–Crippen LogP) is 2.21. The Hall–Kier alpha value is -1.88. The minimum absolute atomic E-state index is 0.0547. The van der Waals surface area contributed by atoms with Crippen LogP contribution in [0.1, 0.15) is 37.7 Å². The van der Waals surface area contributed by atoms with Crippen molar-refractivity contribution >= 4 is 11.8 Å². The van der Waals surface area contributed by atoms with Gasteiger partial charge in [-0.2, -0.15) is 0 Å². The van der Waals surface area contributed by atoms with Gasteiger partial charge in [0.25, 0.3) is 5.91 Å². The van der Waals surface area contributed by atoms with Crippen LogP contribution in [0.25, 0.3) is 0 Å². The molecule has 3 saturated heterocycles. The lowest BCUT2D eigenvalue weighted by atomic mass is 9.77. The summed E-state index contributed by atoms with van der Waals surface area (Å²) in [6.45, 7) is 3.73. The van der Waals surface area contributed by atoms with Crippen molar-refractivity contribution in [1.29, 1.82) is 0 Å². The maximum absolute atomic E-state index is 12.5. The summed E-state index contributed by atoms with van der Waals surface area (Å²) in [6.07, 6.45) is 4.07. The average molecular weight is 342 g/mol. The van der Waals surface area contributed by atoms with Gasteiger partial charge in [0, 0.05) is 44.6 Å². The second kappa shape index (κ2) is 6.79. The third-order valence-corrected chi connectivity index (χ3v) is 5.96. The number of carbonyl (C=O) groups is 2. The van der Waals surface area contributed by atoms with Crippen molar-refractivity contribution in [3.05, 3.63) is 35.9 Å². The molecule has 1 aromatic carbocycles. The van der Waals surface area contributed by atoms with Crippen LogP contribution in [0.5, 0.6) is 0 Å². The van der Waals surface area contributed by atoms with E-state index in [4.69, 9.17) is 4.74 Å². The van der Waals surface area contributed by atoms with E-state index in [1.165, 1.54) is 5.56 Å². The molecule has 2 amide bonds. The minimum atomic E-state index is -0.228. The topological polar surface area (TPSA) is 49.9 Å². The van der Waals surface area contributed by atoms with E-state index >= 15 is 0 Å². The van der Waals surface area contributed by atoms with E-state index in [0.29, 0.717) is 19.6 Å². The second-order valence-corrected chi connectivity index (χ2v) is 7.74. The number of amides is 2. The van der Waals surface area contributed by atoms with Crippen molar-refractivity contribution in [3.8, 4) is 0 Å². The molecule has 5 nitrogen and oxygen atoms in total. The van der Waals surface area contributed by atoms with Crippen molar-refractivity contribution < 1.29 is 14.3 Å². The number of hydrogen-bond acceptors (Lipinski definition) is 3. The standard InChI is InChI=1S/C20H26N2O3/c23-18-13-20(15-22(18)14-16-5-2-1-3-6-16)8-10-21(11-9-20)19(24)17-7-4-12-25-17/h1-3,5-6,17H,4,7-15H2/t17-/m0/s1. The van der Waals surface area contributed by atoms with Gasteiger partial charge in [-0.3, -0.25) is 9.59 Å². The lowest BCUT2D eigenvalue weighted by Gasteiger charge is -2.39. The zero-order chi connectivity index (χ0) is 17.3. The number of hydrogen-bond donors (Lipinski definition) is 0. The fraction of sp³-hybridized carbons (Fsp3) is 0.600. The van der Waals surface area contributed by atoms with E-state index in [0.717, 1.165) is 45.3 Å². The van der Waals surface area contributed by atoms with E-state index in [9.17, 15) is 9.59 Å². The summed E-state index contributed by atoms with van der Waals surface area (Å²) in [7, 11) is 0. The molecule has 0 aromatic heterocycles. The monoisotopic (exact) mass is 342 g/mol. The number of rotatable bonds is 3. The van der Waals surface area contributed by atoms with Crippen LogP contribution < -0.4 is 0 Å². The number of likely N-dealkylation sites (tertiary alicyclic amines) is 2. The van der Waals surface area contributed by atoms with Crippen LogP contribution in [-0.2, 0) is 20.9 Å². The second-order valence-electron chi connectivity index (χ2n) is 7.74. The van der Waals surface area contributed by atoms with Gasteiger partial charge in [-0.1, -0.05) is 30.3 Å². The molecule has 4 rings (SSSR count). The Balaban J connectivity index is 1.35. The number of carbonyl (C=O) groups excluding carboxylic acids is 2. The van der Waals surface area contributed by atoms with Crippen molar-refractivity contribution in [3.63, 3.8) is 0 Å². The molecule has 0 radical (unpaired) electrons. The minimum Gasteiger partial charge on any atom is -0.368 e. The fourth-order valence-electron chi connectivity index (χ4n) is 4.44. The Morgan fingerprint density at radius 3 is 2.64 bits per heavy atom. The predicted molar refractivity (Wildman–Crippen MR) is 93.7 cm³/mol. The highest BCUT2D eigenvalue weighted by Crippen LogP contribution is 2.41. The van der Waals surface area contributed by atoms with Gasteiger partial charge >= 0.3 is 0 Å². The lowest BCUT2D eigenvalue weighted by molar-refractivity contribution is -0.143. The summed E-state index contributed by atoms with van der Waals surface area (Å²) in [5, 5.41) is 0. The van der Waals surface area contributed by atoms with Gasteiger partial charge in [0.15, 0.2) is 0 Å². The van der Waals surface area contributed by atoms with Crippen LogP contribution in [0.15, 0.2) is 30.3 Å².